The average molecular weight is 288 g/mol. The summed E-state index contributed by atoms with van der Waals surface area (Å²) < 4.78 is 37.7. The quantitative estimate of drug-likeness (QED) is 0.703. The third-order valence-electron chi connectivity index (χ3n) is 3.41. The smallest absolute Gasteiger partial charge is 0.370 e. The van der Waals surface area contributed by atoms with Gasteiger partial charge in [-0.25, -0.2) is 0 Å². The monoisotopic (exact) mass is 287 g/mol. The van der Waals surface area contributed by atoms with E-state index in [9.17, 15) is 13.2 Å². The Bertz CT molecular complexity index is 496. The van der Waals surface area contributed by atoms with Gasteiger partial charge in [0.25, 0.3) is 0 Å². The van der Waals surface area contributed by atoms with Gasteiger partial charge >= 0.3 is 6.18 Å². The van der Waals surface area contributed by atoms with Gasteiger partial charge in [-0.15, -0.1) is 6.42 Å². The van der Waals surface area contributed by atoms with Gasteiger partial charge in [0.1, 0.15) is 0 Å². The molecule has 1 heterocycles. The Labute approximate surface area is 115 Å². The van der Waals surface area contributed by atoms with Gasteiger partial charge in [-0.2, -0.15) is 13.2 Å². The lowest BCUT2D eigenvalue weighted by atomic mass is 9.96. The van der Waals surface area contributed by atoms with E-state index in [4.69, 9.17) is 18.0 Å². The summed E-state index contributed by atoms with van der Waals surface area (Å²) in [6.07, 6.45) is 1.39. The number of halogens is 4. The van der Waals surface area contributed by atoms with Crippen LogP contribution >= 0.6 is 11.6 Å². The van der Waals surface area contributed by atoms with Gasteiger partial charge < -0.3 is 4.90 Å². The molecule has 2 rings (SSSR count). The van der Waals surface area contributed by atoms with Gasteiger partial charge in [-0.05, 0) is 31.0 Å². The zero-order chi connectivity index (χ0) is 14.0. The minimum Gasteiger partial charge on any atom is -0.370 e. The van der Waals surface area contributed by atoms with Crippen molar-refractivity contribution in [1.29, 1.82) is 0 Å². The Morgan fingerprint density at radius 3 is 2.37 bits per heavy atom. The normalized spacial score (nSPS) is 17.3. The fourth-order valence-corrected chi connectivity index (χ4v) is 2.60. The first-order valence-corrected chi connectivity index (χ1v) is 6.37. The number of hydrogen-bond donors (Lipinski definition) is 0. The molecule has 0 aromatic heterocycles. The van der Waals surface area contributed by atoms with Gasteiger partial charge in [-0.1, -0.05) is 17.5 Å². The Kier molecular flexibility index (Phi) is 3.96. The van der Waals surface area contributed by atoms with E-state index in [1.54, 1.807) is 18.2 Å². The molecule has 0 saturated carbocycles. The van der Waals surface area contributed by atoms with Crippen molar-refractivity contribution >= 4 is 17.3 Å². The van der Waals surface area contributed by atoms with E-state index in [1.165, 1.54) is 0 Å². The van der Waals surface area contributed by atoms with Crippen LogP contribution in [-0.4, -0.2) is 19.3 Å². The van der Waals surface area contributed by atoms with Crippen molar-refractivity contribution in [2.75, 3.05) is 18.0 Å². The molecule has 0 spiro atoms. The largest absolute Gasteiger partial charge is 0.391 e. The first-order chi connectivity index (χ1) is 8.91. The molecule has 0 unspecified atom stereocenters. The lowest BCUT2D eigenvalue weighted by molar-refractivity contribution is -0.179. The van der Waals surface area contributed by atoms with Gasteiger partial charge in [0, 0.05) is 18.7 Å². The van der Waals surface area contributed by atoms with Crippen molar-refractivity contribution in [3.63, 3.8) is 0 Å². The topological polar surface area (TPSA) is 3.24 Å². The molecule has 102 valence electrons. The predicted molar refractivity (Wildman–Crippen MR) is 70.4 cm³/mol. The highest BCUT2D eigenvalue weighted by molar-refractivity contribution is 6.33. The SMILES string of the molecule is C#Cc1ccc(N2CCC(C(F)(F)F)CC2)c(Cl)c1. The molecular weight excluding hydrogens is 275 g/mol. The van der Waals surface area contributed by atoms with Crippen LogP contribution in [-0.2, 0) is 0 Å². The fourth-order valence-electron chi connectivity index (χ4n) is 2.30. The summed E-state index contributed by atoms with van der Waals surface area (Å²) in [7, 11) is 0. The molecule has 1 aromatic rings. The second kappa shape index (κ2) is 5.34. The third kappa shape index (κ3) is 3.16. The molecule has 1 saturated heterocycles. The number of alkyl halides is 3. The van der Waals surface area contributed by atoms with E-state index in [2.05, 4.69) is 5.92 Å². The average Bonchev–Trinajstić information content (AvgIpc) is 2.37. The van der Waals surface area contributed by atoms with E-state index in [0.717, 1.165) is 5.69 Å². The second-order valence-corrected chi connectivity index (χ2v) is 5.02. The number of hydrogen-bond acceptors (Lipinski definition) is 1. The highest BCUT2D eigenvalue weighted by atomic mass is 35.5. The number of rotatable bonds is 1. The van der Waals surface area contributed by atoms with Crippen LogP contribution in [0.25, 0.3) is 0 Å². The second-order valence-electron chi connectivity index (χ2n) is 4.61. The zero-order valence-corrected chi connectivity index (χ0v) is 10.9. The molecule has 1 aliphatic rings. The van der Waals surface area contributed by atoms with Gasteiger partial charge in [0.2, 0.25) is 0 Å². The summed E-state index contributed by atoms with van der Waals surface area (Å²) in [4.78, 5) is 1.88. The van der Waals surface area contributed by atoms with E-state index in [0.29, 0.717) is 23.7 Å². The minimum atomic E-state index is -4.09. The standard InChI is InChI=1S/C14H13ClF3N/c1-2-10-3-4-13(12(15)9-10)19-7-5-11(6-8-19)14(16,17)18/h1,3-4,9,11H,5-8H2. The minimum absolute atomic E-state index is 0.108. The molecule has 1 nitrogen and oxygen atoms in total. The highest BCUT2D eigenvalue weighted by Gasteiger charge is 2.41. The Hall–Kier alpha value is -1.34. The van der Waals surface area contributed by atoms with E-state index in [-0.39, 0.29) is 12.8 Å². The van der Waals surface area contributed by atoms with Crippen LogP contribution in [0.15, 0.2) is 18.2 Å². The van der Waals surface area contributed by atoms with Gasteiger partial charge in [-0.3, -0.25) is 0 Å². The van der Waals surface area contributed by atoms with Crippen molar-refractivity contribution in [3.8, 4) is 12.3 Å². The molecule has 0 bridgehead atoms. The summed E-state index contributed by atoms with van der Waals surface area (Å²) in [6.45, 7) is 0.721. The summed E-state index contributed by atoms with van der Waals surface area (Å²) in [5, 5.41) is 0.487. The van der Waals surface area contributed by atoms with Crippen LogP contribution in [0.3, 0.4) is 0 Å². The summed E-state index contributed by atoms with van der Waals surface area (Å²) >= 11 is 6.11. The number of anilines is 1. The lowest BCUT2D eigenvalue weighted by Gasteiger charge is -2.34. The molecule has 5 heteroatoms. The van der Waals surface area contributed by atoms with Crippen molar-refractivity contribution in [1.82, 2.24) is 0 Å². The van der Waals surface area contributed by atoms with E-state index < -0.39 is 12.1 Å². The van der Waals surface area contributed by atoms with Gasteiger partial charge in [0.15, 0.2) is 0 Å². The molecule has 0 amide bonds. The van der Waals surface area contributed by atoms with Crippen LogP contribution in [0, 0.1) is 18.3 Å². The van der Waals surface area contributed by atoms with Crippen molar-refractivity contribution < 1.29 is 13.2 Å². The molecule has 19 heavy (non-hydrogen) atoms. The number of nitrogens with zero attached hydrogens (tertiary/aromatic N) is 1. The molecular formula is C14H13ClF3N. The fraction of sp³-hybridized carbons (Fsp3) is 0.429. The molecule has 0 N–H and O–H groups in total. The van der Waals surface area contributed by atoms with Crippen molar-refractivity contribution in [3.05, 3.63) is 28.8 Å². The summed E-state index contributed by atoms with van der Waals surface area (Å²) in [6, 6.07) is 5.18. The first-order valence-electron chi connectivity index (χ1n) is 5.99. The third-order valence-corrected chi connectivity index (χ3v) is 3.72. The maximum atomic E-state index is 12.6. The number of terminal acetylenes is 1. The van der Waals surface area contributed by atoms with Crippen LogP contribution < -0.4 is 4.90 Å². The van der Waals surface area contributed by atoms with Crippen molar-refractivity contribution in [2.45, 2.75) is 19.0 Å². The number of piperidine rings is 1. The van der Waals surface area contributed by atoms with Gasteiger partial charge in [0.05, 0.1) is 16.6 Å². The molecule has 1 aliphatic heterocycles. The maximum absolute atomic E-state index is 12.6. The summed E-state index contributed by atoms with van der Waals surface area (Å²) in [5.74, 6) is 1.27. The molecule has 1 aromatic carbocycles. The summed E-state index contributed by atoms with van der Waals surface area (Å²) in [5.41, 5.74) is 1.42. The van der Waals surface area contributed by atoms with Crippen LogP contribution in [0.5, 0.6) is 0 Å². The van der Waals surface area contributed by atoms with E-state index >= 15 is 0 Å². The lowest BCUT2D eigenvalue weighted by Crippen LogP contribution is -2.39. The molecule has 0 aliphatic carbocycles. The van der Waals surface area contributed by atoms with Crippen LogP contribution in [0.2, 0.25) is 5.02 Å². The maximum Gasteiger partial charge on any atom is 0.391 e. The van der Waals surface area contributed by atoms with E-state index in [1.807, 2.05) is 4.90 Å². The molecule has 0 radical (unpaired) electrons. The Morgan fingerprint density at radius 1 is 1.26 bits per heavy atom. The Morgan fingerprint density at radius 2 is 1.89 bits per heavy atom. The molecule has 1 fully saturated rings. The highest BCUT2D eigenvalue weighted by Crippen LogP contribution is 2.37. The van der Waals surface area contributed by atoms with Crippen LogP contribution in [0.4, 0.5) is 18.9 Å². The first kappa shape index (κ1) is 14.1. The Balaban J connectivity index is 2.08. The van der Waals surface area contributed by atoms with Crippen LogP contribution in [0.1, 0.15) is 18.4 Å². The zero-order valence-electron chi connectivity index (χ0n) is 10.2. The van der Waals surface area contributed by atoms with Crippen molar-refractivity contribution in [2.24, 2.45) is 5.92 Å². The molecule has 0 atom stereocenters. The number of benzene rings is 1. The predicted octanol–water partition coefficient (Wildman–Crippen LogP) is 4.10.